The Morgan fingerprint density at radius 3 is 2.58 bits per heavy atom. The van der Waals surface area contributed by atoms with E-state index in [2.05, 4.69) is 0 Å². The summed E-state index contributed by atoms with van der Waals surface area (Å²) in [6.07, 6.45) is 0.815. The van der Waals surface area contributed by atoms with Gasteiger partial charge in [0.1, 0.15) is 16.4 Å². The summed E-state index contributed by atoms with van der Waals surface area (Å²) in [5.41, 5.74) is 0.723. The number of piperidine rings is 1. The van der Waals surface area contributed by atoms with E-state index in [0.717, 1.165) is 18.4 Å². The summed E-state index contributed by atoms with van der Waals surface area (Å²) in [7, 11) is 1.56. The molecule has 128 valence electrons. The third-order valence-corrected chi connectivity index (χ3v) is 5.41. The largest absolute Gasteiger partial charge is 0.495 e. The van der Waals surface area contributed by atoms with Crippen molar-refractivity contribution in [2.75, 3.05) is 20.2 Å². The predicted molar refractivity (Wildman–Crippen MR) is 90.9 cm³/mol. The minimum absolute atomic E-state index is 0.0171. The lowest BCUT2D eigenvalue weighted by molar-refractivity contribution is 0.0463. The van der Waals surface area contributed by atoms with E-state index in [0.29, 0.717) is 23.7 Å². The number of ether oxygens (including phenoxy) is 1. The molecule has 0 spiro atoms. The van der Waals surface area contributed by atoms with Gasteiger partial charge in [0, 0.05) is 13.1 Å². The molecule has 1 aliphatic rings. The molecule has 1 unspecified atom stereocenters. The van der Waals surface area contributed by atoms with Gasteiger partial charge in [-0.05, 0) is 47.9 Å². The molecule has 4 nitrogen and oxygen atoms in total. The number of amides is 1. The Hall–Kier alpha value is -1.92. The third-order valence-electron chi connectivity index (χ3n) is 4.53. The van der Waals surface area contributed by atoms with Gasteiger partial charge in [-0.1, -0.05) is 12.1 Å². The van der Waals surface area contributed by atoms with Crippen LogP contribution in [0.5, 0.6) is 5.75 Å². The fourth-order valence-corrected chi connectivity index (χ4v) is 3.93. The molecule has 6 heteroatoms. The Morgan fingerprint density at radius 2 is 1.96 bits per heavy atom. The number of methoxy groups -OCH3 is 1. The maximum Gasteiger partial charge on any atom is 0.267 e. The number of benzene rings is 1. The Kier molecular flexibility index (Phi) is 5.16. The molecule has 2 heterocycles. The average Bonchev–Trinajstić information content (AvgIpc) is 3.10. The Morgan fingerprint density at radius 1 is 1.29 bits per heavy atom. The van der Waals surface area contributed by atoms with Crippen LogP contribution in [0.3, 0.4) is 0 Å². The molecule has 1 fully saturated rings. The predicted octanol–water partition coefficient (Wildman–Crippen LogP) is 3.48. The number of carbonyl (C=O) groups is 1. The Labute approximate surface area is 144 Å². The highest BCUT2D eigenvalue weighted by Crippen LogP contribution is 2.33. The summed E-state index contributed by atoms with van der Waals surface area (Å²) in [5.74, 6) is 0.357. The minimum Gasteiger partial charge on any atom is -0.495 e. The number of halogens is 1. The van der Waals surface area contributed by atoms with Crippen LogP contribution in [0.4, 0.5) is 4.39 Å². The zero-order chi connectivity index (χ0) is 17.1. The molecule has 1 atom stereocenters. The van der Waals surface area contributed by atoms with Gasteiger partial charge < -0.3 is 14.7 Å². The molecule has 1 amide bonds. The first-order valence-electron chi connectivity index (χ1n) is 7.94. The van der Waals surface area contributed by atoms with Gasteiger partial charge in [-0.25, -0.2) is 4.39 Å². The quantitative estimate of drug-likeness (QED) is 0.919. The maximum atomic E-state index is 13.0. The van der Waals surface area contributed by atoms with Crippen LogP contribution in [0.2, 0.25) is 0 Å². The van der Waals surface area contributed by atoms with Crippen LogP contribution in [-0.4, -0.2) is 36.1 Å². The van der Waals surface area contributed by atoms with Crippen LogP contribution in [0, 0.1) is 11.7 Å². The molecule has 1 aromatic carbocycles. The second-order valence-corrected chi connectivity index (χ2v) is 6.86. The van der Waals surface area contributed by atoms with Gasteiger partial charge in [-0.2, -0.15) is 0 Å². The minimum atomic E-state index is -0.626. The van der Waals surface area contributed by atoms with E-state index in [9.17, 15) is 14.3 Å². The van der Waals surface area contributed by atoms with Crippen molar-refractivity contribution in [3.05, 3.63) is 52.0 Å². The smallest absolute Gasteiger partial charge is 0.267 e. The van der Waals surface area contributed by atoms with Crippen LogP contribution < -0.4 is 4.74 Å². The Bertz CT molecular complexity index is 693. The SMILES string of the molecule is COc1ccsc1C(=O)N1CCC(C(O)c2ccc(F)cc2)CC1. The van der Waals surface area contributed by atoms with Gasteiger partial charge in [0.05, 0.1) is 13.2 Å². The van der Waals surface area contributed by atoms with Crippen molar-refractivity contribution in [1.29, 1.82) is 0 Å². The van der Waals surface area contributed by atoms with Crippen molar-refractivity contribution in [3.63, 3.8) is 0 Å². The first-order valence-corrected chi connectivity index (χ1v) is 8.82. The summed E-state index contributed by atoms with van der Waals surface area (Å²) in [4.78, 5) is 15.0. The molecule has 3 rings (SSSR count). The van der Waals surface area contributed by atoms with E-state index < -0.39 is 6.10 Å². The third kappa shape index (κ3) is 3.44. The number of hydrogen-bond acceptors (Lipinski definition) is 4. The van der Waals surface area contributed by atoms with Gasteiger partial charge in [0.2, 0.25) is 0 Å². The number of carbonyl (C=O) groups excluding carboxylic acids is 1. The van der Waals surface area contributed by atoms with Crippen LogP contribution in [0.25, 0.3) is 0 Å². The van der Waals surface area contributed by atoms with E-state index in [1.54, 1.807) is 25.3 Å². The average molecular weight is 349 g/mol. The van der Waals surface area contributed by atoms with E-state index in [-0.39, 0.29) is 17.6 Å². The van der Waals surface area contributed by atoms with Gasteiger partial charge in [0.25, 0.3) is 5.91 Å². The Balaban J connectivity index is 1.61. The molecule has 0 aliphatic carbocycles. The summed E-state index contributed by atoms with van der Waals surface area (Å²) < 4.78 is 18.2. The van der Waals surface area contributed by atoms with Gasteiger partial charge in [-0.3, -0.25) is 4.79 Å². The molecule has 0 bridgehead atoms. The van der Waals surface area contributed by atoms with Crippen LogP contribution in [-0.2, 0) is 0 Å². The number of aliphatic hydroxyl groups excluding tert-OH is 1. The molecule has 1 saturated heterocycles. The second-order valence-electron chi connectivity index (χ2n) is 5.94. The molecular weight excluding hydrogens is 329 g/mol. The number of nitrogens with zero attached hydrogens (tertiary/aromatic N) is 1. The molecule has 1 aromatic heterocycles. The lowest BCUT2D eigenvalue weighted by Crippen LogP contribution is -2.39. The van der Waals surface area contributed by atoms with E-state index in [1.165, 1.54) is 23.5 Å². The van der Waals surface area contributed by atoms with Crippen LogP contribution in [0.1, 0.15) is 34.2 Å². The molecule has 1 N–H and O–H groups in total. The van der Waals surface area contributed by atoms with Gasteiger partial charge >= 0.3 is 0 Å². The van der Waals surface area contributed by atoms with Crippen molar-refractivity contribution in [2.24, 2.45) is 5.92 Å². The summed E-state index contributed by atoms with van der Waals surface area (Å²) in [6.45, 7) is 1.20. The monoisotopic (exact) mass is 349 g/mol. The summed E-state index contributed by atoms with van der Waals surface area (Å²) >= 11 is 1.38. The lowest BCUT2D eigenvalue weighted by Gasteiger charge is -2.34. The number of hydrogen-bond donors (Lipinski definition) is 1. The highest BCUT2D eigenvalue weighted by Gasteiger charge is 2.30. The zero-order valence-corrected chi connectivity index (χ0v) is 14.3. The molecule has 24 heavy (non-hydrogen) atoms. The lowest BCUT2D eigenvalue weighted by atomic mass is 9.87. The molecular formula is C18H20FNO3S. The second kappa shape index (κ2) is 7.32. The van der Waals surface area contributed by atoms with Gasteiger partial charge in [0.15, 0.2) is 0 Å². The number of thiophene rings is 1. The maximum absolute atomic E-state index is 13.0. The first-order chi connectivity index (χ1) is 11.6. The molecule has 0 radical (unpaired) electrons. The van der Waals surface area contributed by atoms with Crippen LogP contribution in [0.15, 0.2) is 35.7 Å². The topological polar surface area (TPSA) is 49.8 Å². The number of likely N-dealkylation sites (tertiary alicyclic amines) is 1. The highest BCUT2D eigenvalue weighted by molar-refractivity contribution is 7.12. The van der Waals surface area contributed by atoms with Crippen molar-refractivity contribution < 1.29 is 19.0 Å². The summed E-state index contributed by atoms with van der Waals surface area (Å²) in [6, 6.07) is 7.76. The standard InChI is InChI=1S/C18H20FNO3S/c1-23-15-8-11-24-17(15)18(22)20-9-6-13(7-10-20)16(21)12-2-4-14(19)5-3-12/h2-5,8,11,13,16,21H,6-7,9-10H2,1H3. The van der Waals surface area contributed by atoms with Crippen molar-refractivity contribution in [2.45, 2.75) is 18.9 Å². The van der Waals surface area contributed by atoms with Crippen molar-refractivity contribution in [3.8, 4) is 5.75 Å². The number of rotatable bonds is 4. The fourth-order valence-electron chi connectivity index (χ4n) is 3.11. The highest BCUT2D eigenvalue weighted by atomic mass is 32.1. The zero-order valence-electron chi connectivity index (χ0n) is 13.4. The molecule has 1 aliphatic heterocycles. The van der Waals surface area contributed by atoms with Crippen LogP contribution >= 0.6 is 11.3 Å². The van der Waals surface area contributed by atoms with Gasteiger partial charge in [-0.15, -0.1) is 11.3 Å². The van der Waals surface area contributed by atoms with Crippen molar-refractivity contribution in [1.82, 2.24) is 4.90 Å². The molecule has 2 aromatic rings. The van der Waals surface area contributed by atoms with E-state index in [1.807, 2.05) is 10.3 Å². The van der Waals surface area contributed by atoms with E-state index >= 15 is 0 Å². The fraction of sp³-hybridized carbons (Fsp3) is 0.389. The molecule has 0 saturated carbocycles. The first kappa shape index (κ1) is 16.9. The normalized spacial score (nSPS) is 16.9. The van der Waals surface area contributed by atoms with E-state index in [4.69, 9.17) is 4.74 Å². The van der Waals surface area contributed by atoms with Crippen molar-refractivity contribution >= 4 is 17.2 Å². The summed E-state index contributed by atoms with van der Waals surface area (Å²) in [5, 5.41) is 12.3. The number of aliphatic hydroxyl groups is 1.